The number of nitrogens with one attached hydrogen (secondary N) is 1. The van der Waals surface area contributed by atoms with Crippen LogP contribution in [0.15, 0.2) is 0 Å². The van der Waals surface area contributed by atoms with Gasteiger partial charge in [0.15, 0.2) is 0 Å². The number of hydrogen-bond donors (Lipinski definition) is 1. The first-order valence-electron chi connectivity index (χ1n) is 5.80. The monoisotopic (exact) mass is 211 g/mol. The van der Waals surface area contributed by atoms with Crippen molar-refractivity contribution in [3.63, 3.8) is 0 Å². The Morgan fingerprint density at radius 2 is 1.93 bits per heavy atom. The fourth-order valence-electron chi connectivity index (χ4n) is 2.39. The molecule has 2 fully saturated rings. The smallest absolute Gasteiger partial charge is 0.229 e. The second-order valence-electron chi connectivity index (χ2n) is 5.08. The first kappa shape index (κ1) is 10.9. The Labute approximate surface area is 91.6 Å². The Bertz CT molecular complexity index is 240. The van der Waals surface area contributed by atoms with Gasteiger partial charge in [-0.05, 0) is 26.9 Å². The number of rotatable bonds is 1. The molecule has 2 aliphatic rings. The third-order valence-corrected chi connectivity index (χ3v) is 3.68. The summed E-state index contributed by atoms with van der Waals surface area (Å²) in [5, 5.41) is 3.28. The van der Waals surface area contributed by atoms with Crippen LogP contribution < -0.4 is 5.32 Å². The van der Waals surface area contributed by atoms with Gasteiger partial charge in [0.2, 0.25) is 5.91 Å². The predicted molar refractivity (Wildman–Crippen MR) is 59.7 cm³/mol. The van der Waals surface area contributed by atoms with Gasteiger partial charge in [0.05, 0.1) is 5.41 Å². The zero-order valence-electron chi connectivity index (χ0n) is 9.75. The lowest BCUT2D eigenvalue weighted by Gasteiger charge is -2.37. The molecule has 0 spiro atoms. The third kappa shape index (κ3) is 2.16. The van der Waals surface area contributed by atoms with E-state index >= 15 is 0 Å². The van der Waals surface area contributed by atoms with Gasteiger partial charge in [-0.3, -0.25) is 4.79 Å². The summed E-state index contributed by atoms with van der Waals surface area (Å²) in [6.07, 6.45) is 0.984. The molecule has 0 bridgehead atoms. The van der Waals surface area contributed by atoms with Crippen LogP contribution in [0.25, 0.3) is 0 Å². The van der Waals surface area contributed by atoms with Crippen LogP contribution in [0.5, 0.6) is 0 Å². The topological polar surface area (TPSA) is 35.6 Å². The molecule has 0 aromatic carbocycles. The maximum Gasteiger partial charge on any atom is 0.229 e. The molecule has 2 heterocycles. The highest BCUT2D eigenvalue weighted by Gasteiger charge is 2.39. The molecule has 4 nitrogen and oxygen atoms in total. The Morgan fingerprint density at radius 1 is 1.27 bits per heavy atom. The van der Waals surface area contributed by atoms with Gasteiger partial charge in [-0.2, -0.15) is 0 Å². The van der Waals surface area contributed by atoms with Crippen molar-refractivity contribution < 1.29 is 4.79 Å². The largest absolute Gasteiger partial charge is 0.340 e. The van der Waals surface area contributed by atoms with Crippen LogP contribution in [0.3, 0.4) is 0 Å². The van der Waals surface area contributed by atoms with E-state index in [1.807, 2.05) is 4.90 Å². The first-order chi connectivity index (χ1) is 7.12. The second kappa shape index (κ2) is 4.10. The van der Waals surface area contributed by atoms with E-state index in [1.54, 1.807) is 0 Å². The van der Waals surface area contributed by atoms with Crippen LogP contribution in [0.4, 0.5) is 0 Å². The van der Waals surface area contributed by atoms with Gasteiger partial charge in [0, 0.05) is 32.7 Å². The van der Waals surface area contributed by atoms with Crippen molar-refractivity contribution in [3.05, 3.63) is 0 Å². The number of carbonyl (C=O) groups excluding carboxylic acids is 1. The minimum Gasteiger partial charge on any atom is -0.340 e. The highest BCUT2D eigenvalue weighted by atomic mass is 16.2. The maximum atomic E-state index is 12.3. The van der Waals surface area contributed by atoms with E-state index in [1.165, 1.54) is 0 Å². The highest BCUT2D eigenvalue weighted by molar-refractivity contribution is 5.83. The van der Waals surface area contributed by atoms with Crippen molar-refractivity contribution in [1.82, 2.24) is 15.1 Å². The number of likely N-dealkylation sites (N-methyl/N-ethyl adjacent to an activating group) is 1. The Balaban J connectivity index is 1.95. The van der Waals surface area contributed by atoms with Crippen LogP contribution in [-0.4, -0.2) is 62.0 Å². The molecule has 0 radical (unpaired) electrons. The van der Waals surface area contributed by atoms with Gasteiger partial charge >= 0.3 is 0 Å². The van der Waals surface area contributed by atoms with E-state index in [0.717, 1.165) is 45.7 Å². The Hall–Kier alpha value is -0.610. The number of hydrogen-bond acceptors (Lipinski definition) is 3. The molecule has 2 rings (SSSR count). The molecule has 15 heavy (non-hydrogen) atoms. The molecule has 0 aromatic heterocycles. The summed E-state index contributed by atoms with van der Waals surface area (Å²) in [7, 11) is 2.11. The lowest BCUT2D eigenvalue weighted by atomic mass is 9.88. The van der Waals surface area contributed by atoms with E-state index in [9.17, 15) is 4.79 Å². The van der Waals surface area contributed by atoms with Gasteiger partial charge in [-0.25, -0.2) is 0 Å². The maximum absolute atomic E-state index is 12.3. The van der Waals surface area contributed by atoms with Gasteiger partial charge in [-0.1, -0.05) is 0 Å². The normalized spacial score (nSPS) is 33.3. The molecule has 1 atom stereocenters. The minimum absolute atomic E-state index is 0.143. The van der Waals surface area contributed by atoms with Crippen LogP contribution in [0.2, 0.25) is 0 Å². The summed E-state index contributed by atoms with van der Waals surface area (Å²) < 4.78 is 0. The van der Waals surface area contributed by atoms with Gasteiger partial charge in [-0.15, -0.1) is 0 Å². The van der Waals surface area contributed by atoms with E-state index in [4.69, 9.17) is 0 Å². The van der Waals surface area contributed by atoms with Crippen molar-refractivity contribution in [1.29, 1.82) is 0 Å². The summed E-state index contributed by atoms with van der Waals surface area (Å²) in [6.45, 7) is 7.72. The number of amides is 1. The zero-order chi connectivity index (χ0) is 10.9. The van der Waals surface area contributed by atoms with E-state index in [0.29, 0.717) is 5.91 Å². The number of nitrogens with zero attached hydrogens (tertiary/aromatic N) is 2. The van der Waals surface area contributed by atoms with Crippen molar-refractivity contribution in [2.24, 2.45) is 5.41 Å². The van der Waals surface area contributed by atoms with Crippen molar-refractivity contribution in [2.75, 3.05) is 46.3 Å². The van der Waals surface area contributed by atoms with Crippen LogP contribution in [0.1, 0.15) is 13.3 Å². The highest BCUT2D eigenvalue weighted by Crippen LogP contribution is 2.27. The van der Waals surface area contributed by atoms with E-state index in [2.05, 4.69) is 24.2 Å². The Kier molecular flexibility index (Phi) is 2.98. The lowest BCUT2D eigenvalue weighted by Crippen LogP contribution is -2.52. The molecule has 1 amide bonds. The van der Waals surface area contributed by atoms with Crippen molar-refractivity contribution in [3.8, 4) is 0 Å². The molecular weight excluding hydrogens is 190 g/mol. The summed E-state index contributed by atoms with van der Waals surface area (Å²) in [5.41, 5.74) is -0.143. The minimum atomic E-state index is -0.143. The molecule has 0 saturated carbocycles. The third-order valence-electron chi connectivity index (χ3n) is 3.68. The molecule has 0 aliphatic carbocycles. The van der Waals surface area contributed by atoms with E-state index in [-0.39, 0.29) is 5.41 Å². The Morgan fingerprint density at radius 3 is 2.47 bits per heavy atom. The number of piperazine rings is 1. The molecule has 86 valence electrons. The second-order valence-corrected chi connectivity index (χ2v) is 5.08. The van der Waals surface area contributed by atoms with Crippen LogP contribution in [0, 0.1) is 5.41 Å². The van der Waals surface area contributed by atoms with Gasteiger partial charge < -0.3 is 15.1 Å². The summed E-state index contributed by atoms with van der Waals surface area (Å²) in [4.78, 5) is 16.6. The van der Waals surface area contributed by atoms with Crippen LogP contribution >= 0.6 is 0 Å². The van der Waals surface area contributed by atoms with Crippen molar-refractivity contribution >= 4 is 5.91 Å². The van der Waals surface area contributed by atoms with E-state index < -0.39 is 0 Å². The molecule has 2 aliphatic heterocycles. The summed E-state index contributed by atoms with van der Waals surface area (Å²) >= 11 is 0. The zero-order valence-corrected chi connectivity index (χ0v) is 9.75. The molecule has 1 N–H and O–H groups in total. The van der Waals surface area contributed by atoms with Crippen LogP contribution in [-0.2, 0) is 4.79 Å². The fourth-order valence-corrected chi connectivity index (χ4v) is 2.39. The quantitative estimate of drug-likeness (QED) is 0.650. The molecular formula is C11H21N3O. The van der Waals surface area contributed by atoms with Gasteiger partial charge in [0.1, 0.15) is 0 Å². The average molecular weight is 211 g/mol. The average Bonchev–Trinajstić information content (AvgIpc) is 2.67. The lowest BCUT2D eigenvalue weighted by molar-refractivity contribution is -0.141. The summed E-state index contributed by atoms with van der Waals surface area (Å²) in [6, 6.07) is 0. The predicted octanol–water partition coefficient (Wildman–Crippen LogP) is -0.240. The molecule has 1 unspecified atom stereocenters. The first-order valence-corrected chi connectivity index (χ1v) is 5.80. The van der Waals surface area contributed by atoms with Gasteiger partial charge in [0.25, 0.3) is 0 Å². The molecule has 4 heteroatoms. The molecule has 2 saturated heterocycles. The summed E-state index contributed by atoms with van der Waals surface area (Å²) in [5.74, 6) is 0.348. The van der Waals surface area contributed by atoms with Crippen molar-refractivity contribution in [2.45, 2.75) is 13.3 Å². The molecule has 0 aromatic rings. The number of carbonyl (C=O) groups is 1. The standard InChI is InChI=1S/C11H21N3O/c1-11(3-4-12-9-11)10(15)14-7-5-13(2)6-8-14/h12H,3-9H2,1-2H3. The fraction of sp³-hybridized carbons (Fsp3) is 0.909. The SMILES string of the molecule is CN1CCN(C(=O)C2(C)CCNC2)CC1.